The van der Waals surface area contributed by atoms with Gasteiger partial charge in [0.2, 0.25) is 5.75 Å². The van der Waals surface area contributed by atoms with Crippen molar-refractivity contribution in [2.75, 3.05) is 58.5 Å². The van der Waals surface area contributed by atoms with Crippen LogP contribution in [-0.4, -0.2) is 64.4 Å². The normalized spacial score (nSPS) is 15.9. The third kappa shape index (κ3) is 3.52. The Morgan fingerprint density at radius 1 is 0.929 bits per heavy atom. The number of nitrogens with zero attached hydrogens (tertiary/aromatic N) is 2. The number of carbonyl (C=O) groups excluding carboxylic acids is 1. The molecule has 2 aromatic rings. The molecule has 2 heterocycles. The molecule has 1 fully saturated rings. The van der Waals surface area contributed by atoms with Gasteiger partial charge in [-0.2, -0.15) is 0 Å². The third-order valence-electron chi connectivity index (χ3n) is 5.08. The van der Waals surface area contributed by atoms with E-state index in [9.17, 15) is 4.79 Å². The highest BCUT2D eigenvalue weighted by Gasteiger charge is 2.26. The molecular weight excluding hydrogens is 360 g/mol. The first-order chi connectivity index (χ1) is 13.7. The summed E-state index contributed by atoms with van der Waals surface area (Å²) in [5, 5.41) is 0. The van der Waals surface area contributed by atoms with Crippen molar-refractivity contribution < 1.29 is 23.7 Å². The van der Waals surface area contributed by atoms with Crippen LogP contribution in [0.2, 0.25) is 0 Å². The zero-order valence-corrected chi connectivity index (χ0v) is 16.1. The van der Waals surface area contributed by atoms with Crippen molar-refractivity contribution in [3.63, 3.8) is 0 Å². The number of benzene rings is 2. The second-order valence-electron chi connectivity index (χ2n) is 6.68. The molecule has 148 valence electrons. The number of anilines is 1. The lowest BCUT2D eigenvalue weighted by atomic mass is 10.1. The van der Waals surface area contributed by atoms with Gasteiger partial charge in [0, 0.05) is 37.4 Å². The molecule has 2 aliphatic rings. The molecule has 0 radical (unpaired) electrons. The van der Waals surface area contributed by atoms with Crippen LogP contribution in [0.5, 0.6) is 23.0 Å². The maximum Gasteiger partial charge on any atom is 0.254 e. The molecule has 28 heavy (non-hydrogen) atoms. The lowest BCUT2D eigenvalue weighted by Gasteiger charge is -2.36. The Hall–Kier alpha value is -3.09. The van der Waals surface area contributed by atoms with Crippen molar-refractivity contribution in [1.29, 1.82) is 0 Å². The van der Waals surface area contributed by atoms with Crippen molar-refractivity contribution in [2.24, 2.45) is 0 Å². The first-order valence-corrected chi connectivity index (χ1v) is 9.35. The van der Waals surface area contributed by atoms with E-state index in [4.69, 9.17) is 18.9 Å². The number of rotatable bonds is 4. The van der Waals surface area contributed by atoms with Crippen LogP contribution in [0.4, 0.5) is 5.69 Å². The molecule has 7 nitrogen and oxygen atoms in total. The van der Waals surface area contributed by atoms with Gasteiger partial charge in [0.1, 0.15) is 19.0 Å². The number of amides is 1. The summed E-state index contributed by atoms with van der Waals surface area (Å²) in [5.41, 5.74) is 1.69. The fraction of sp³-hybridized carbons (Fsp3) is 0.381. The zero-order valence-electron chi connectivity index (χ0n) is 16.1. The molecule has 0 N–H and O–H groups in total. The fourth-order valence-electron chi connectivity index (χ4n) is 3.54. The van der Waals surface area contributed by atoms with Crippen LogP contribution in [0.1, 0.15) is 10.4 Å². The zero-order chi connectivity index (χ0) is 19.5. The summed E-state index contributed by atoms with van der Waals surface area (Å²) in [7, 11) is 3.22. The van der Waals surface area contributed by atoms with E-state index in [0.29, 0.717) is 49.1 Å². The van der Waals surface area contributed by atoms with E-state index in [0.717, 1.165) is 24.5 Å². The van der Waals surface area contributed by atoms with Gasteiger partial charge in [0.25, 0.3) is 5.91 Å². The summed E-state index contributed by atoms with van der Waals surface area (Å²) in [6.07, 6.45) is 0. The van der Waals surface area contributed by atoms with Gasteiger partial charge in [-0.05, 0) is 36.4 Å². The van der Waals surface area contributed by atoms with Crippen LogP contribution in [0, 0.1) is 0 Å². The van der Waals surface area contributed by atoms with Gasteiger partial charge in [-0.25, -0.2) is 0 Å². The molecule has 1 amide bonds. The average Bonchev–Trinajstić information content (AvgIpc) is 2.78. The van der Waals surface area contributed by atoms with E-state index >= 15 is 0 Å². The average molecular weight is 384 g/mol. The Morgan fingerprint density at radius 3 is 2.32 bits per heavy atom. The van der Waals surface area contributed by atoms with Crippen molar-refractivity contribution in [2.45, 2.75) is 0 Å². The second-order valence-corrected chi connectivity index (χ2v) is 6.68. The predicted octanol–water partition coefficient (Wildman–Crippen LogP) is 2.44. The van der Waals surface area contributed by atoms with Crippen molar-refractivity contribution >= 4 is 11.6 Å². The highest BCUT2D eigenvalue weighted by atomic mass is 16.6. The van der Waals surface area contributed by atoms with Crippen LogP contribution < -0.4 is 23.8 Å². The van der Waals surface area contributed by atoms with Crippen LogP contribution in [0.15, 0.2) is 36.4 Å². The Labute approximate surface area is 164 Å². The standard InChI is InChI=1S/C21H24N2O5/c1-25-17-5-3-16(4-6-17)22-7-9-23(10-8-22)21(24)15-13-18(26-2)20-19(14-15)27-11-12-28-20/h3-6,13-14H,7-12H2,1-2H3. The summed E-state index contributed by atoms with van der Waals surface area (Å²) in [4.78, 5) is 17.2. The molecule has 4 rings (SSSR count). The lowest BCUT2D eigenvalue weighted by Crippen LogP contribution is -2.48. The van der Waals surface area contributed by atoms with Crippen LogP contribution >= 0.6 is 0 Å². The maximum absolute atomic E-state index is 13.0. The number of hydrogen-bond acceptors (Lipinski definition) is 6. The largest absolute Gasteiger partial charge is 0.497 e. The molecule has 0 unspecified atom stereocenters. The van der Waals surface area contributed by atoms with Gasteiger partial charge in [-0.3, -0.25) is 4.79 Å². The van der Waals surface area contributed by atoms with Gasteiger partial charge in [-0.15, -0.1) is 0 Å². The van der Waals surface area contributed by atoms with Crippen molar-refractivity contribution in [1.82, 2.24) is 4.90 Å². The Balaban J connectivity index is 1.45. The number of carbonyl (C=O) groups is 1. The minimum absolute atomic E-state index is 0.0235. The van der Waals surface area contributed by atoms with Crippen molar-refractivity contribution in [3.05, 3.63) is 42.0 Å². The summed E-state index contributed by atoms with van der Waals surface area (Å²) in [6.45, 7) is 3.81. The van der Waals surface area contributed by atoms with E-state index in [1.54, 1.807) is 26.4 Å². The monoisotopic (exact) mass is 384 g/mol. The number of piperazine rings is 1. The smallest absolute Gasteiger partial charge is 0.254 e. The fourth-order valence-corrected chi connectivity index (χ4v) is 3.54. The molecule has 7 heteroatoms. The van der Waals surface area contributed by atoms with Gasteiger partial charge in [-0.1, -0.05) is 0 Å². The molecule has 0 bridgehead atoms. The molecule has 0 saturated carbocycles. The molecule has 0 spiro atoms. The van der Waals surface area contributed by atoms with Gasteiger partial charge in [0.15, 0.2) is 11.5 Å². The van der Waals surface area contributed by atoms with E-state index in [-0.39, 0.29) is 5.91 Å². The predicted molar refractivity (Wildman–Crippen MR) is 105 cm³/mol. The second kappa shape index (κ2) is 7.88. The minimum Gasteiger partial charge on any atom is -0.497 e. The summed E-state index contributed by atoms with van der Waals surface area (Å²) in [6, 6.07) is 11.5. The van der Waals surface area contributed by atoms with E-state index in [2.05, 4.69) is 4.90 Å². The van der Waals surface area contributed by atoms with Crippen LogP contribution in [0.3, 0.4) is 0 Å². The van der Waals surface area contributed by atoms with Crippen LogP contribution in [-0.2, 0) is 0 Å². The van der Waals surface area contributed by atoms with E-state index in [1.165, 1.54) is 0 Å². The lowest BCUT2D eigenvalue weighted by molar-refractivity contribution is 0.0745. The molecule has 0 aliphatic carbocycles. The summed E-state index contributed by atoms with van der Waals surface area (Å²) >= 11 is 0. The summed E-state index contributed by atoms with van der Waals surface area (Å²) in [5.74, 6) is 2.47. The minimum atomic E-state index is -0.0235. The Morgan fingerprint density at radius 2 is 1.64 bits per heavy atom. The highest BCUT2D eigenvalue weighted by Crippen LogP contribution is 2.40. The number of ether oxygens (including phenoxy) is 4. The number of methoxy groups -OCH3 is 2. The molecule has 0 aromatic heterocycles. The molecule has 2 aliphatic heterocycles. The molecule has 0 atom stereocenters. The van der Waals surface area contributed by atoms with Gasteiger partial charge < -0.3 is 28.7 Å². The Kier molecular flexibility index (Phi) is 5.14. The molecular formula is C21H24N2O5. The molecule has 1 saturated heterocycles. The first-order valence-electron chi connectivity index (χ1n) is 9.35. The topological polar surface area (TPSA) is 60.5 Å². The Bertz CT molecular complexity index is 827. The number of fused-ring (bicyclic) bond motifs is 1. The van der Waals surface area contributed by atoms with Gasteiger partial charge in [0.05, 0.1) is 14.2 Å². The first kappa shape index (κ1) is 18.3. The SMILES string of the molecule is COc1ccc(N2CCN(C(=O)c3cc(OC)c4c(c3)OCCO4)CC2)cc1. The highest BCUT2D eigenvalue weighted by molar-refractivity contribution is 5.96. The third-order valence-corrected chi connectivity index (χ3v) is 5.08. The van der Waals surface area contributed by atoms with Crippen molar-refractivity contribution in [3.8, 4) is 23.0 Å². The number of hydrogen-bond donors (Lipinski definition) is 0. The quantitative estimate of drug-likeness (QED) is 0.807. The maximum atomic E-state index is 13.0. The van der Waals surface area contributed by atoms with E-state index in [1.807, 2.05) is 29.2 Å². The molecule has 2 aromatic carbocycles. The van der Waals surface area contributed by atoms with Crippen LogP contribution in [0.25, 0.3) is 0 Å². The van der Waals surface area contributed by atoms with Gasteiger partial charge >= 0.3 is 0 Å². The van der Waals surface area contributed by atoms with E-state index < -0.39 is 0 Å². The summed E-state index contributed by atoms with van der Waals surface area (Å²) < 4.78 is 21.9.